The molecule has 0 amide bonds. The second-order valence-corrected chi connectivity index (χ2v) is 4.20. The highest BCUT2D eigenvalue weighted by atomic mass is 19.1. The summed E-state index contributed by atoms with van der Waals surface area (Å²) in [5.41, 5.74) is 1.51. The van der Waals surface area contributed by atoms with Crippen molar-refractivity contribution in [2.24, 2.45) is 7.05 Å². The Morgan fingerprint density at radius 1 is 1.47 bits per heavy atom. The van der Waals surface area contributed by atoms with Gasteiger partial charge >= 0.3 is 5.97 Å². The molecule has 2 N–H and O–H groups in total. The van der Waals surface area contributed by atoms with E-state index in [4.69, 9.17) is 5.11 Å². The van der Waals surface area contributed by atoms with E-state index in [2.05, 4.69) is 10.1 Å². The van der Waals surface area contributed by atoms with E-state index in [0.717, 1.165) is 0 Å². The lowest BCUT2D eigenvalue weighted by Crippen LogP contribution is -2.00. The second-order valence-electron chi connectivity index (χ2n) is 4.20. The fourth-order valence-electron chi connectivity index (χ4n) is 2.23. The maximum atomic E-state index is 13.6. The van der Waals surface area contributed by atoms with Crippen LogP contribution in [0.4, 0.5) is 4.39 Å². The molecule has 2 heterocycles. The van der Waals surface area contributed by atoms with Crippen LogP contribution in [-0.4, -0.2) is 25.8 Å². The third kappa shape index (κ3) is 1.61. The molecular weight excluding hydrogens is 249 g/mol. The molecule has 3 aromatic rings. The molecule has 3 rings (SSSR count). The number of aromatic amines is 1. The van der Waals surface area contributed by atoms with E-state index >= 15 is 0 Å². The largest absolute Gasteiger partial charge is 0.478 e. The van der Waals surface area contributed by atoms with E-state index in [9.17, 15) is 9.18 Å². The number of H-pyrrole nitrogens is 1. The molecule has 0 radical (unpaired) electrons. The number of nitrogens with zero attached hydrogens (tertiary/aromatic N) is 2. The van der Waals surface area contributed by atoms with Gasteiger partial charge in [0.15, 0.2) is 0 Å². The zero-order valence-corrected chi connectivity index (χ0v) is 10.0. The number of halogens is 1. The van der Waals surface area contributed by atoms with Gasteiger partial charge in [-0.25, -0.2) is 9.18 Å². The molecule has 2 aromatic heterocycles. The lowest BCUT2D eigenvalue weighted by atomic mass is 10.1. The van der Waals surface area contributed by atoms with Gasteiger partial charge in [0.1, 0.15) is 11.4 Å². The quantitative estimate of drug-likeness (QED) is 0.742. The number of para-hydroxylation sites is 1. The number of rotatable bonds is 2. The maximum absolute atomic E-state index is 13.6. The summed E-state index contributed by atoms with van der Waals surface area (Å²) >= 11 is 0. The fraction of sp³-hybridized carbons (Fsp3) is 0.0769. The third-order valence-corrected chi connectivity index (χ3v) is 3.09. The van der Waals surface area contributed by atoms with Crippen molar-refractivity contribution < 1.29 is 14.3 Å². The number of carboxylic acids is 1. The predicted molar refractivity (Wildman–Crippen MR) is 67.4 cm³/mol. The molecule has 5 nitrogen and oxygen atoms in total. The minimum absolute atomic E-state index is 0.0904. The van der Waals surface area contributed by atoms with Crippen molar-refractivity contribution >= 4 is 16.9 Å². The zero-order chi connectivity index (χ0) is 13.6. The van der Waals surface area contributed by atoms with E-state index < -0.39 is 5.97 Å². The molecule has 0 aliphatic heterocycles. The first-order valence-corrected chi connectivity index (χ1v) is 5.61. The van der Waals surface area contributed by atoms with Gasteiger partial charge < -0.3 is 10.1 Å². The topological polar surface area (TPSA) is 70.9 Å². The van der Waals surface area contributed by atoms with Crippen molar-refractivity contribution in [3.63, 3.8) is 0 Å². The minimum atomic E-state index is -1.06. The molecule has 0 saturated heterocycles. The molecule has 1 aromatic carbocycles. The predicted octanol–water partition coefficient (Wildman–Crippen LogP) is 2.41. The molecule has 96 valence electrons. The summed E-state index contributed by atoms with van der Waals surface area (Å²) in [6, 6.07) is 4.68. The van der Waals surface area contributed by atoms with Crippen molar-refractivity contribution in [1.29, 1.82) is 0 Å². The van der Waals surface area contributed by atoms with Crippen LogP contribution >= 0.6 is 0 Å². The average Bonchev–Trinajstić information content (AvgIpc) is 2.93. The number of hydrogen-bond donors (Lipinski definition) is 2. The minimum Gasteiger partial charge on any atom is -0.478 e. The summed E-state index contributed by atoms with van der Waals surface area (Å²) in [5.74, 6) is -1.43. The van der Waals surface area contributed by atoms with Gasteiger partial charge in [0, 0.05) is 24.2 Å². The number of aromatic nitrogens is 3. The monoisotopic (exact) mass is 259 g/mol. The van der Waals surface area contributed by atoms with Gasteiger partial charge in [-0.3, -0.25) is 4.68 Å². The maximum Gasteiger partial charge on any atom is 0.339 e. The molecule has 0 aliphatic rings. The van der Waals surface area contributed by atoms with E-state index in [1.807, 2.05) is 0 Å². The summed E-state index contributed by atoms with van der Waals surface area (Å²) in [6.45, 7) is 0. The first-order valence-electron chi connectivity index (χ1n) is 5.61. The summed E-state index contributed by atoms with van der Waals surface area (Å²) in [4.78, 5) is 14.0. The lowest BCUT2D eigenvalue weighted by Gasteiger charge is -2.02. The van der Waals surface area contributed by atoms with Crippen molar-refractivity contribution in [3.05, 3.63) is 42.0 Å². The molecule has 0 aliphatic carbocycles. The van der Waals surface area contributed by atoms with Crippen molar-refractivity contribution in [2.45, 2.75) is 0 Å². The van der Waals surface area contributed by atoms with Crippen molar-refractivity contribution in [3.8, 4) is 11.3 Å². The Bertz CT molecular complexity index is 788. The summed E-state index contributed by atoms with van der Waals surface area (Å²) in [5, 5.41) is 13.7. The number of hydrogen-bond acceptors (Lipinski definition) is 2. The van der Waals surface area contributed by atoms with Crippen LogP contribution in [0, 0.1) is 5.82 Å². The van der Waals surface area contributed by atoms with Gasteiger partial charge in [0.05, 0.1) is 17.4 Å². The van der Waals surface area contributed by atoms with Crippen LogP contribution in [0.5, 0.6) is 0 Å². The standard InChI is InChI=1S/C13H10FN3O2/c1-17-12(9(6-16-17)13(18)19)8-5-15-11-7(8)3-2-4-10(11)14/h2-6,15H,1H3,(H,18,19). The van der Waals surface area contributed by atoms with Crippen LogP contribution in [0.15, 0.2) is 30.6 Å². The molecular formula is C13H10FN3O2. The molecule has 0 saturated carbocycles. The molecule has 0 spiro atoms. The highest BCUT2D eigenvalue weighted by Crippen LogP contribution is 2.31. The smallest absolute Gasteiger partial charge is 0.339 e. The fourth-order valence-corrected chi connectivity index (χ4v) is 2.23. The highest BCUT2D eigenvalue weighted by Gasteiger charge is 2.20. The Kier molecular flexibility index (Phi) is 2.38. The summed E-state index contributed by atoms with van der Waals surface area (Å²) in [7, 11) is 1.65. The Morgan fingerprint density at radius 2 is 2.26 bits per heavy atom. The van der Waals surface area contributed by atoms with Gasteiger partial charge in [0.25, 0.3) is 0 Å². The highest BCUT2D eigenvalue weighted by molar-refractivity contribution is 6.02. The molecule has 0 unspecified atom stereocenters. The number of carboxylic acid groups (broad SMARTS) is 1. The average molecular weight is 259 g/mol. The molecule has 0 atom stereocenters. The van der Waals surface area contributed by atoms with Crippen LogP contribution in [0.3, 0.4) is 0 Å². The van der Waals surface area contributed by atoms with Gasteiger partial charge in [-0.2, -0.15) is 5.10 Å². The van der Waals surface area contributed by atoms with Crippen LogP contribution in [0.1, 0.15) is 10.4 Å². The number of benzene rings is 1. The number of aryl methyl sites for hydroxylation is 1. The van der Waals surface area contributed by atoms with Gasteiger partial charge in [-0.05, 0) is 6.07 Å². The lowest BCUT2D eigenvalue weighted by molar-refractivity contribution is 0.0697. The van der Waals surface area contributed by atoms with Crippen LogP contribution in [0.25, 0.3) is 22.2 Å². The summed E-state index contributed by atoms with van der Waals surface area (Å²) in [6.07, 6.45) is 2.88. The second kappa shape index (κ2) is 3.94. The normalized spacial score (nSPS) is 11.1. The van der Waals surface area contributed by atoms with Gasteiger partial charge in [-0.15, -0.1) is 0 Å². The van der Waals surface area contributed by atoms with E-state index in [1.54, 1.807) is 25.4 Å². The first kappa shape index (κ1) is 11.5. The molecule has 19 heavy (non-hydrogen) atoms. The zero-order valence-electron chi connectivity index (χ0n) is 10.0. The van der Waals surface area contributed by atoms with Crippen LogP contribution < -0.4 is 0 Å². The van der Waals surface area contributed by atoms with Gasteiger partial charge in [-0.1, -0.05) is 12.1 Å². The SMILES string of the molecule is Cn1ncc(C(=O)O)c1-c1c[nH]c2c(F)cccc12. The van der Waals surface area contributed by atoms with E-state index in [-0.39, 0.29) is 11.4 Å². The third-order valence-electron chi connectivity index (χ3n) is 3.09. The van der Waals surface area contributed by atoms with E-state index in [1.165, 1.54) is 16.9 Å². The van der Waals surface area contributed by atoms with Crippen molar-refractivity contribution in [1.82, 2.24) is 14.8 Å². The number of carbonyl (C=O) groups is 1. The number of nitrogens with one attached hydrogen (secondary N) is 1. The Morgan fingerprint density at radius 3 is 3.00 bits per heavy atom. The Hall–Kier alpha value is -2.63. The molecule has 6 heteroatoms. The van der Waals surface area contributed by atoms with Crippen LogP contribution in [0.2, 0.25) is 0 Å². The van der Waals surface area contributed by atoms with Crippen molar-refractivity contribution in [2.75, 3.05) is 0 Å². The molecule has 0 fully saturated rings. The number of fused-ring (bicyclic) bond motifs is 1. The summed E-state index contributed by atoms with van der Waals surface area (Å²) < 4.78 is 15.1. The Balaban J connectivity index is 2.34. The van der Waals surface area contributed by atoms with Gasteiger partial charge in [0.2, 0.25) is 0 Å². The molecule has 0 bridgehead atoms. The first-order chi connectivity index (χ1) is 9.09. The van der Waals surface area contributed by atoms with E-state index in [0.29, 0.717) is 22.2 Å². The van der Waals surface area contributed by atoms with Crippen LogP contribution in [-0.2, 0) is 7.05 Å². The number of aromatic carboxylic acids is 1. The Labute approximate surface area is 107 Å².